The Morgan fingerprint density at radius 1 is 1.46 bits per heavy atom. The number of carboxylic acids is 1. The van der Waals surface area contributed by atoms with Crippen molar-refractivity contribution in [1.82, 2.24) is 9.29 Å². The van der Waals surface area contributed by atoms with Gasteiger partial charge in [0.2, 0.25) is 15.9 Å². The molecule has 2 heterocycles. The third-order valence-electron chi connectivity index (χ3n) is 4.51. The normalized spacial score (nSPS) is 18.5. The van der Waals surface area contributed by atoms with Crippen molar-refractivity contribution in [2.45, 2.75) is 24.7 Å². The number of ether oxygens (including phenoxy) is 1. The zero-order valence-electron chi connectivity index (χ0n) is 14.4. The second-order valence-corrected chi connectivity index (χ2v) is 8.30. The zero-order valence-corrected chi connectivity index (χ0v) is 15.2. The molecule has 26 heavy (non-hydrogen) atoms. The molecule has 2 rings (SSSR count). The van der Waals surface area contributed by atoms with E-state index in [1.165, 1.54) is 16.4 Å². The van der Waals surface area contributed by atoms with E-state index in [-0.39, 0.29) is 55.4 Å². The van der Waals surface area contributed by atoms with Gasteiger partial charge in [-0.3, -0.25) is 4.79 Å². The molecule has 0 saturated carbocycles. The Kier molecular flexibility index (Phi) is 6.32. The minimum Gasteiger partial charge on any atom is -0.481 e. The summed E-state index contributed by atoms with van der Waals surface area (Å²) < 4.78 is 44.2. The largest absolute Gasteiger partial charge is 0.481 e. The van der Waals surface area contributed by atoms with Gasteiger partial charge in [-0.1, -0.05) is 0 Å². The second kappa shape index (κ2) is 8.11. The Bertz CT molecular complexity index is 772. The van der Waals surface area contributed by atoms with Crippen LogP contribution >= 0.6 is 0 Å². The molecule has 144 valence electrons. The predicted molar refractivity (Wildman–Crippen MR) is 91.7 cm³/mol. The van der Waals surface area contributed by atoms with Crippen molar-refractivity contribution >= 4 is 16.0 Å². The molecule has 0 radical (unpaired) electrons. The molecule has 1 aromatic rings. The van der Waals surface area contributed by atoms with E-state index in [1.54, 1.807) is 6.92 Å². The molecule has 3 N–H and O–H groups in total. The smallest absolute Gasteiger partial charge is 0.309 e. The van der Waals surface area contributed by atoms with E-state index in [0.717, 1.165) is 6.20 Å². The minimum atomic E-state index is -3.76. The number of carbonyl (C=O) groups is 1. The molecule has 0 spiro atoms. The molecule has 0 atom stereocenters. The van der Waals surface area contributed by atoms with Gasteiger partial charge in [-0.15, -0.1) is 0 Å². The molecule has 10 heteroatoms. The summed E-state index contributed by atoms with van der Waals surface area (Å²) in [4.78, 5) is 15.2. The Morgan fingerprint density at radius 3 is 2.58 bits per heavy atom. The molecule has 1 fully saturated rings. The Morgan fingerprint density at radius 2 is 2.12 bits per heavy atom. The minimum absolute atomic E-state index is 0.00713. The standard InChI is InChI=1S/C16H22FN3O5S/c1-16(15(21)22)4-6-20(7-5-16)26(23,24)13-2-3-14(19-10-13)25-11-12(8-17)9-18/h2-3,8,10H,4-7,9,11,18H2,1H3,(H,21,22)/b12-8-. The number of nitrogens with zero attached hydrogens (tertiary/aromatic N) is 2. The Balaban J connectivity index is 2.05. The molecule has 1 saturated heterocycles. The third kappa shape index (κ3) is 4.37. The van der Waals surface area contributed by atoms with E-state index in [2.05, 4.69) is 4.98 Å². The van der Waals surface area contributed by atoms with Gasteiger partial charge >= 0.3 is 5.97 Å². The van der Waals surface area contributed by atoms with Gasteiger partial charge in [0.05, 0.1) is 17.9 Å². The molecule has 0 amide bonds. The van der Waals surface area contributed by atoms with E-state index < -0.39 is 21.4 Å². The second-order valence-electron chi connectivity index (χ2n) is 6.36. The first-order chi connectivity index (χ1) is 12.2. The number of halogens is 1. The lowest BCUT2D eigenvalue weighted by atomic mass is 9.81. The number of rotatable bonds is 7. The summed E-state index contributed by atoms with van der Waals surface area (Å²) in [5.41, 5.74) is 4.66. The molecule has 0 unspecified atom stereocenters. The average molecular weight is 387 g/mol. The molecule has 1 aliphatic rings. The highest BCUT2D eigenvalue weighted by Gasteiger charge is 2.40. The van der Waals surface area contributed by atoms with Gasteiger partial charge in [-0.2, -0.15) is 4.31 Å². The average Bonchev–Trinajstić information content (AvgIpc) is 2.63. The lowest BCUT2D eigenvalue weighted by Gasteiger charge is -2.35. The summed E-state index contributed by atoms with van der Waals surface area (Å²) in [6.45, 7) is 1.81. The van der Waals surface area contributed by atoms with Crippen LogP contribution in [0, 0.1) is 5.41 Å². The first kappa shape index (κ1) is 20.3. The number of aliphatic carboxylic acids is 1. The van der Waals surface area contributed by atoms with Crippen LogP contribution in [0.25, 0.3) is 0 Å². The molecule has 0 aliphatic carbocycles. The first-order valence-electron chi connectivity index (χ1n) is 8.03. The fraction of sp³-hybridized carbons (Fsp3) is 0.500. The van der Waals surface area contributed by atoms with E-state index in [0.29, 0.717) is 6.33 Å². The predicted octanol–water partition coefficient (Wildman–Crippen LogP) is 1.15. The molecule has 8 nitrogen and oxygen atoms in total. The summed E-state index contributed by atoms with van der Waals surface area (Å²) in [5, 5.41) is 9.23. The maximum atomic E-state index is 12.7. The van der Waals surface area contributed by atoms with Gasteiger partial charge in [0.1, 0.15) is 11.5 Å². The summed E-state index contributed by atoms with van der Waals surface area (Å²) in [7, 11) is -3.76. The molecule has 1 aliphatic heterocycles. The summed E-state index contributed by atoms with van der Waals surface area (Å²) >= 11 is 0. The van der Waals surface area contributed by atoms with Gasteiger partial charge in [0.15, 0.2) is 0 Å². The fourth-order valence-electron chi connectivity index (χ4n) is 2.49. The number of hydrogen-bond acceptors (Lipinski definition) is 6. The summed E-state index contributed by atoms with van der Waals surface area (Å²) in [5.74, 6) is -0.772. The van der Waals surface area contributed by atoms with Crippen molar-refractivity contribution < 1.29 is 27.4 Å². The quantitative estimate of drug-likeness (QED) is 0.719. The molecule has 1 aromatic heterocycles. The molecule has 0 aromatic carbocycles. The number of sulfonamides is 1. The van der Waals surface area contributed by atoms with Crippen molar-refractivity contribution in [3.8, 4) is 5.88 Å². The van der Waals surface area contributed by atoms with Crippen molar-refractivity contribution in [1.29, 1.82) is 0 Å². The van der Waals surface area contributed by atoms with Crippen LogP contribution in [0.15, 0.2) is 35.1 Å². The maximum Gasteiger partial charge on any atom is 0.309 e. The van der Waals surface area contributed by atoms with E-state index >= 15 is 0 Å². The van der Waals surface area contributed by atoms with Crippen LogP contribution in [-0.2, 0) is 14.8 Å². The van der Waals surface area contributed by atoms with Crippen LogP contribution < -0.4 is 10.5 Å². The highest BCUT2D eigenvalue weighted by molar-refractivity contribution is 7.89. The summed E-state index contributed by atoms with van der Waals surface area (Å²) in [6.07, 6.45) is 2.01. The SMILES string of the molecule is CC1(C(=O)O)CCN(S(=O)(=O)c2ccc(OC/C(=C\F)CN)nc2)CC1. The van der Waals surface area contributed by atoms with Crippen LogP contribution in [0.2, 0.25) is 0 Å². The number of piperidine rings is 1. The maximum absolute atomic E-state index is 12.7. The number of hydrogen-bond donors (Lipinski definition) is 2. The number of pyridine rings is 1. The van der Waals surface area contributed by atoms with Crippen molar-refractivity contribution in [2.24, 2.45) is 11.1 Å². The lowest BCUT2D eigenvalue weighted by molar-refractivity contribution is -0.150. The van der Waals surface area contributed by atoms with Crippen LogP contribution in [0.1, 0.15) is 19.8 Å². The highest BCUT2D eigenvalue weighted by atomic mass is 32.2. The Labute approximate surface area is 151 Å². The molecular formula is C16H22FN3O5S. The molecular weight excluding hydrogens is 365 g/mol. The Hall–Kier alpha value is -2.04. The number of aromatic nitrogens is 1. The van der Waals surface area contributed by atoms with Gasteiger partial charge in [-0.05, 0) is 25.8 Å². The van der Waals surface area contributed by atoms with Crippen molar-refractivity contribution in [2.75, 3.05) is 26.2 Å². The first-order valence-corrected chi connectivity index (χ1v) is 9.47. The van der Waals surface area contributed by atoms with Crippen LogP contribution in [0.3, 0.4) is 0 Å². The highest BCUT2D eigenvalue weighted by Crippen LogP contribution is 2.33. The van der Waals surface area contributed by atoms with E-state index in [9.17, 15) is 22.7 Å². The summed E-state index contributed by atoms with van der Waals surface area (Å²) in [6, 6.07) is 2.73. The van der Waals surface area contributed by atoms with Crippen LogP contribution in [0.5, 0.6) is 5.88 Å². The number of nitrogens with two attached hydrogens (primary N) is 1. The third-order valence-corrected chi connectivity index (χ3v) is 6.39. The van der Waals surface area contributed by atoms with Crippen molar-refractivity contribution in [3.63, 3.8) is 0 Å². The number of carboxylic acid groups (broad SMARTS) is 1. The fourth-order valence-corrected chi connectivity index (χ4v) is 3.88. The van der Waals surface area contributed by atoms with Crippen LogP contribution in [0.4, 0.5) is 4.39 Å². The lowest BCUT2D eigenvalue weighted by Crippen LogP contribution is -2.45. The van der Waals surface area contributed by atoms with Gasteiger partial charge in [0.25, 0.3) is 0 Å². The topological polar surface area (TPSA) is 123 Å². The van der Waals surface area contributed by atoms with Gasteiger partial charge in [-0.25, -0.2) is 17.8 Å². The van der Waals surface area contributed by atoms with Gasteiger partial charge < -0.3 is 15.6 Å². The van der Waals surface area contributed by atoms with E-state index in [1.807, 2.05) is 0 Å². The van der Waals surface area contributed by atoms with Crippen LogP contribution in [-0.4, -0.2) is 55.0 Å². The van der Waals surface area contributed by atoms with Crippen molar-refractivity contribution in [3.05, 3.63) is 30.2 Å². The molecule has 0 bridgehead atoms. The van der Waals surface area contributed by atoms with Gasteiger partial charge in [0, 0.05) is 31.3 Å². The monoisotopic (exact) mass is 387 g/mol. The van der Waals surface area contributed by atoms with E-state index in [4.69, 9.17) is 10.5 Å². The zero-order chi connectivity index (χ0) is 19.4.